The van der Waals surface area contributed by atoms with Crippen molar-refractivity contribution in [2.45, 2.75) is 45.3 Å². The fraction of sp³-hybridized carbons (Fsp3) is 0.650. The van der Waals surface area contributed by atoms with Gasteiger partial charge >= 0.3 is 0 Å². The monoisotopic (exact) mass is 346 g/mol. The number of aliphatic hydroxyl groups is 1. The number of carbonyl (C=O) groups is 1. The van der Waals surface area contributed by atoms with Crippen LogP contribution in [-0.2, 0) is 11.3 Å². The molecule has 2 saturated heterocycles. The standard InChI is InChI=1S/C20H30N2O3/c1-16(23)13-22-15-20(7-6-19(22)24)8-10-21(11-9-20)14-17-4-3-5-18(12-17)25-2/h3-5,12,16,23H,6-11,13-15H2,1-2H3/t16-/m0/s1. The molecular formula is C20H30N2O3. The van der Waals surface area contributed by atoms with Crippen molar-refractivity contribution in [3.8, 4) is 5.75 Å². The Morgan fingerprint density at radius 3 is 2.72 bits per heavy atom. The zero-order valence-corrected chi connectivity index (χ0v) is 15.4. The molecule has 2 aliphatic heterocycles. The summed E-state index contributed by atoms with van der Waals surface area (Å²) in [6, 6.07) is 8.27. The average molecular weight is 346 g/mol. The number of ether oxygens (including phenoxy) is 1. The summed E-state index contributed by atoms with van der Waals surface area (Å²) in [7, 11) is 1.70. The molecule has 0 radical (unpaired) electrons. The summed E-state index contributed by atoms with van der Waals surface area (Å²) in [5, 5.41) is 9.65. The van der Waals surface area contributed by atoms with Gasteiger partial charge in [-0.25, -0.2) is 0 Å². The average Bonchev–Trinajstić information content (AvgIpc) is 2.60. The van der Waals surface area contributed by atoms with Crippen molar-refractivity contribution in [3.63, 3.8) is 0 Å². The van der Waals surface area contributed by atoms with Crippen LogP contribution in [0.1, 0.15) is 38.2 Å². The first-order valence-electron chi connectivity index (χ1n) is 9.31. The van der Waals surface area contributed by atoms with Gasteiger partial charge in [0.1, 0.15) is 5.75 Å². The minimum absolute atomic E-state index is 0.199. The van der Waals surface area contributed by atoms with Crippen LogP contribution >= 0.6 is 0 Å². The number of β-amino-alcohol motifs (C(OH)–C–C–N with tert-alkyl or cyclic N) is 1. The van der Waals surface area contributed by atoms with E-state index in [4.69, 9.17) is 4.74 Å². The van der Waals surface area contributed by atoms with E-state index in [0.29, 0.717) is 13.0 Å². The summed E-state index contributed by atoms with van der Waals surface area (Å²) >= 11 is 0. The first-order valence-corrected chi connectivity index (χ1v) is 9.31. The Hall–Kier alpha value is -1.59. The van der Waals surface area contributed by atoms with Crippen LogP contribution in [0.25, 0.3) is 0 Å². The lowest BCUT2D eigenvalue weighted by molar-refractivity contribution is -0.140. The van der Waals surface area contributed by atoms with Crippen LogP contribution in [0.2, 0.25) is 0 Å². The van der Waals surface area contributed by atoms with Gasteiger partial charge in [-0.1, -0.05) is 12.1 Å². The van der Waals surface area contributed by atoms with E-state index in [9.17, 15) is 9.90 Å². The molecule has 0 unspecified atom stereocenters. The van der Waals surface area contributed by atoms with Gasteiger partial charge in [-0.3, -0.25) is 9.69 Å². The molecule has 1 amide bonds. The Balaban J connectivity index is 1.56. The van der Waals surface area contributed by atoms with Crippen molar-refractivity contribution in [1.29, 1.82) is 0 Å². The molecule has 2 fully saturated rings. The molecule has 1 atom stereocenters. The number of methoxy groups -OCH3 is 1. The second-order valence-corrected chi connectivity index (χ2v) is 7.75. The van der Waals surface area contributed by atoms with E-state index in [1.807, 2.05) is 17.0 Å². The predicted octanol–water partition coefficient (Wildman–Crippen LogP) is 2.28. The van der Waals surface area contributed by atoms with E-state index in [0.717, 1.165) is 51.2 Å². The van der Waals surface area contributed by atoms with Crippen LogP contribution in [0.5, 0.6) is 5.75 Å². The van der Waals surface area contributed by atoms with Gasteiger partial charge in [-0.15, -0.1) is 0 Å². The normalized spacial score (nSPS) is 22.2. The van der Waals surface area contributed by atoms with Crippen LogP contribution in [0.15, 0.2) is 24.3 Å². The number of likely N-dealkylation sites (tertiary alicyclic amines) is 2. The van der Waals surface area contributed by atoms with Crippen molar-refractivity contribution >= 4 is 5.91 Å². The smallest absolute Gasteiger partial charge is 0.222 e. The highest BCUT2D eigenvalue weighted by Gasteiger charge is 2.41. The van der Waals surface area contributed by atoms with Gasteiger partial charge in [0.25, 0.3) is 0 Å². The Kier molecular flexibility index (Phi) is 5.64. The van der Waals surface area contributed by atoms with E-state index in [2.05, 4.69) is 17.0 Å². The molecule has 1 aromatic rings. The molecule has 1 spiro atoms. The third-order valence-electron chi connectivity index (χ3n) is 5.69. The summed E-state index contributed by atoms with van der Waals surface area (Å²) in [6.45, 7) is 6.11. The Morgan fingerprint density at radius 2 is 2.04 bits per heavy atom. The summed E-state index contributed by atoms with van der Waals surface area (Å²) < 4.78 is 5.31. The molecular weight excluding hydrogens is 316 g/mol. The summed E-state index contributed by atoms with van der Waals surface area (Å²) in [4.78, 5) is 16.5. The molecule has 3 rings (SSSR count). The number of amides is 1. The minimum Gasteiger partial charge on any atom is -0.497 e. The molecule has 0 bridgehead atoms. The number of piperidine rings is 2. The van der Waals surface area contributed by atoms with Crippen LogP contribution in [0.3, 0.4) is 0 Å². The van der Waals surface area contributed by atoms with Gasteiger partial charge in [0.2, 0.25) is 5.91 Å². The van der Waals surface area contributed by atoms with Crippen molar-refractivity contribution in [2.75, 3.05) is 33.3 Å². The third-order valence-corrected chi connectivity index (χ3v) is 5.69. The van der Waals surface area contributed by atoms with E-state index in [1.54, 1.807) is 14.0 Å². The lowest BCUT2D eigenvalue weighted by Crippen LogP contribution is -2.52. The van der Waals surface area contributed by atoms with E-state index >= 15 is 0 Å². The zero-order chi connectivity index (χ0) is 17.9. The van der Waals surface area contributed by atoms with Gasteiger partial charge in [0, 0.05) is 26.1 Å². The number of benzene rings is 1. The zero-order valence-electron chi connectivity index (χ0n) is 15.4. The molecule has 5 nitrogen and oxygen atoms in total. The lowest BCUT2D eigenvalue weighted by Gasteiger charge is -2.47. The third kappa shape index (κ3) is 4.53. The molecule has 2 heterocycles. The molecule has 0 saturated carbocycles. The number of carbonyl (C=O) groups excluding carboxylic acids is 1. The number of rotatable bonds is 5. The summed E-state index contributed by atoms with van der Waals surface area (Å²) in [5.74, 6) is 1.11. The molecule has 5 heteroatoms. The highest BCUT2D eigenvalue weighted by atomic mass is 16.5. The predicted molar refractivity (Wildman–Crippen MR) is 97.4 cm³/mol. The molecule has 2 aliphatic rings. The van der Waals surface area contributed by atoms with E-state index in [-0.39, 0.29) is 11.3 Å². The molecule has 0 aliphatic carbocycles. The minimum atomic E-state index is -0.452. The second kappa shape index (κ2) is 7.75. The van der Waals surface area contributed by atoms with Gasteiger partial charge in [-0.05, 0) is 62.4 Å². The summed E-state index contributed by atoms with van der Waals surface area (Å²) in [5.41, 5.74) is 1.53. The van der Waals surface area contributed by atoms with Crippen molar-refractivity contribution in [2.24, 2.45) is 5.41 Å². The fourth-order valence-electron chi connectivity index (χ4n) is 4.21. The first kappa shape index (κ1) is 18.2. The van der Waals surface area contributed by atoms with E-state index < -0.39 is 6.10 Å². The quantitative estimate of drug-likeness (QED) is 0.889. The fourth-order valence-corrected chi connectivity index (χ4v) is 4.21. The molecule has 0 aromatic heterocycles. The van der Waals surface area contributed by atoms with Crippen LogP contribution < -0.4 is 4.74 Å². The van der Waals surface area contributed by atoms with Gasteiger partial charge in [0.05, 0.1) is 13.2 Å². The number of nitrogens with zero attached hydrogens (tertiary/aromatic N) is 2. The van der Waals surface area contributed by atoms with Crippen LogP contribution in [-0.4, -0.2) is 60.2 Å². The van der Waals surface area contributed by atoms with Gasteiger partial charge < -0.3 is 14.7 Å². The Bertz CT molecular complexity index is 594. The SMILES string of the molecule is COc1cccc(CN2CCC3(CCC(=O)N(C[C@H](C)O)C3)CC2)c1. The van der Waals surface area contributed by atoms with Gasteiger partial charge in [-0.2, -0.15) is 0 Å². The van der Waals surface area contributed by atoms with Crippen LogP contribution in [0.4, 0.5) is 0 Å². The first-order chi connectivity index (χ1) is 12.0. The molecule has 1 N–H and O–H groups in total. The highest BCUT2D eigenvalue weighted by Crippen LogP contribution is 2.40. The van der Waals surface area contributed by atoms with Crippen molar-refractivity contribution in [3.05, 3.63) is 29.8 Å². The number of hydrogen-bond donors (Lipinski definition) is 1. The Morgan fingerprint density at radius 1 is 1.28 bits per heavy atom. The number of aliphatic hydroxyl groups excluding tert-OH is 1. The van der Waals surface area contributed by atoms with Crippen molar-refractivity contribution in [1.82, 2.24) is 9.80 Å². The highest BCUT2D eigenvalue weighted by molar-refractivity contribution is 5.77. The maximum atomic E-state index is 12.1. The number of hydrogen-bond acceptors (Lipinski definition) is 4. The summed E-state index contributed by atoms with van der Waals surface area (Å²) in [6.07, 6.45) is 3.42. The largest absolute Gasteiger partial charge is 0.497 e. The lowest BCUT2D eigenvalue weighted by atomic mass is 9.72. The van der Waals surface area contributed by atoms with Crippen molar-refractivity contribution < 1.29 is 14.6 Å². The Labute approximate surface area is 150 Å². The maximum Gasteiger partial charge on any atom is 0.222 e. The van der Waals surface area contributed by atoms with Gasteiger partial charge in [0.15, 0.2) is 0 Å². The molecule has 138 valence electrons. The topological polar surface area (TPSA) is 53.0 Å². The maximum absolute atomic E-state index is 12.1. The van der Waals surface area contributed by atoms with E-state index in [1.165, 1.54) is 5.56 Å². The second-order valence-electron chi connectivity index (χ2n) is 7.75. The molecule has 25 heavy (non-hydrogen) atoms. The van der Waals surface area contributed by atoms with Crippen LogP contribution in [0, 0.1) is 5.41 Å². The molecule has 1 aromatic carbocycles.